The normalized spacial score (nSPS) is 11.8. The number of aromatic nitrogens is 2. The van der Waals surface area contributed by atoms with Gasteiger partial charge in [0.2, 0.25) is 0 Å². The first-order valence-electron chi connectivity index (χ1n) is 7.13. The van der Waals surface area contributed by atoms with E-state index in [2.05, 4.69) is 14.7 Å². The monoisotopic (exact) mass is 368 g/mol. The number of ether oxygens (including phenoxy) is 1. The van der Waals surface area contributed by atoms with E-state index in [1.165, 1.54) is 13.2 Å². The molecule has 0 saturated carbocycles. The zero-order chi connectivity index (χ0) is 18.6. The number of esters is 1. The highest BCUT2D eigenvalue weighted by atomic mass is 32.2. The summed E-state index contributed by atoms with van der Waals surface area (Å²) in [5.74, 6) is -3.17. The molecular formula is C16H14F2N2O4S. The minimum absolute atomic E-state index is 0.00645. The fourth-order valence-electron chi connectivity index (χ4n) is 1.95. The Bertz CT molecular complexity index is 869. The molecule has 9 heteroatoms. The lowest BCUT2D eigenvalue weighted by Crippen LogP contribution is -2.18. The number of hydrogen-bond donors (Lipinski definition) is 1. The van der Waals surface area contributed by atoms with Crippen molar-refractivity contribution in [3.05, 3.63) is 57.5 Å². The smallest absolute Gasteiger partial charge is 0.311 e. The Kier molecular flexibility index (Phi) is 6.02. The van der Waals surface area contributed by atoms with Gasteiger partial charge in [0.15, 0.2) is 22.6 Å². The van der Waals surface area contributed by atoms with Gasteiger partial charge in [0, 0.05) is 11.6 Å². The summed E-state index contributed by atoms with van der Waals surface area (Å²) < 4.78 is 30.7. The number of aromatic amines is 1. The van der Waals surface area contributed by atoms with Gasteiger partial charge >= 0.3 is 5.97 Å². The van der Waals surface area contributed by atoms with Crippen molar-refractivity contribution in [1.82, 2.24) is 9.97 Å². The summed E-state index contributed by atoms with van der Waals surface area (Å²) in [5.41, 5.74) is -0.276. The van der Waals surface area contributed by atoms with Crippen LogP contribution in [-0.2, 0) is 16.0 Å². The van der Waals surface area contributed by atoms with Crippen LogP contribution in [0.2, 0.25) is 0 Å². The molecule has 2 aromatic rings. The number of benzene rings is 1. The second-order valence-electron chi connectivity index (χ2n) is 5.05. The van der Waals surface area contributed by atoms with Crippen molar-refractivity contribution in [3.8, 4) is 0 Å². The van der Waals surface area contributed by atoms with Crippen LogP contribution in [0.15, 0.2) is 34.2 Å². The van der Waals surface area contributed by atoms with Gasteiger partial charge in [-0.05, 0) is 25.1 Å². The van der Waals surface area contributed by atoms with E-state index in [0.29, 0.717) is 0 Å². The molecule has 132 valence electrons. The van der Waals surface area contributed by atoms with Gasteiger partial charge in [-0.15, -0.1) is 0 Å². The highest BCUT2D eigenvalue weighted by Crippen LogP contribution is 2.23. The molecule has 1 atom stereocenters. The second-order valence-corrected chi connectivity index (χ2v) is 6.38. The molecule has 0 saturated heterocycles. The van der Waals surface area contributed by atoms with Gasteiger partial charge < -0.3 is 9.72 Å². The summed E-state index contributed by atoms with van der Waals surface area (Å²) in [7, 11) is 1.22. The highest BCUT2D eigenvalue weighted by Gasteiger charge is 2.19. The highest BCUT2D eigenvalue weighted by molar-refractivity contribution is 8.00. The maximum Gasteiger partial charge on any atom is 0.311 e. The number of methoxy groups -OCH3 is 1. The molecule has 0 spiro atoms. The standard InChI is InChI=1S/C16H14F2N2O4S/c1-8(15(23)9-3-4-11(17)12(18)5-9)25-16-19-10(6-13(21)20-16)7-14(22)24-2/h3-6,8H,7H2,1-2H3,(H,19,20,21)/t8-/m0/s1. The van der Waals surface area contributed by atoms with Gasteiger partial charge in [0.1, 0.15) is 0 Å². The number of hydrogen-bond acceptors (Lipinski definition) is 6. The van der Waals surface area contributed by atoms with Gasteiger partial charge in [-0.2, -0.15) is 0 Å². The van der Waals surface area contributed by atoms with Crippen LogP contribution in [0.3, 0.4) is 0 Å². The molecule has 0 unspecified atom stereocenters. The zero-order valence-corrected chi connectivity index (χ0v) is 14.2. The Hall–Kier alpha value is -2.55. The topological polar surface area (TPSA) is 89.1 Å². The lowest BCUT2D eigenvalue weighted by Gasteiger charge is -2.10. The summed E-state index contributed by atoms with van der Waals surface area (Å²) in [5, 5.41) is -0.587. The predicted octanol–water partition coefficient (Wildman–Crippen LogP) is 2.13. The van der Waals surface area contributed by atoms with E-state index < -0.39 is 34.2 Å². The van der Waals surface area contributed by atoms with Crippen LogP contribution in [0.1, 0.15) is 23.0 Å². The van der Waals surface area contributed by atoms with Gasteiger partial charge in [0.25, 0.3) is 5.56 Å². The minimum Gasteiger partial charge on any atom is -0.469 e. The molecule has 2 rings (SSSR count). The van der Waals surface area contributed by atoms with E-state index >= 15 is 0 Å². The Balaban J connectivity index is 2.17. The lowest BCUT2D eigenvalue weighted by molar-refractivity contribution is -0.139. The van der Waals surface area contributed by atoms with Crippen LogP contribution < -0.4 is 5.56 Å². The third-order valence-electron chi connectivity index (χ3n) is 3.19. The first-order valence-corrected chi connectivity index (χ1v) is 8.01. The molecule has 1 aromatic carbocycles. The number of H-pyrrole nitrogens is 1. The summed E-state index contributed by atoms with van der Waals surface area (Å²) in [4.78, 5) is 41.8. The molecule has 0 amide bonds. The van der Waals surface area contributed by atoms with Crippen LogP contribution in [0, 0.1) is 11.6 Å². The van der Waals surface area contributed by atoms with Crippen molar-refractivity contribution in [3.63, 3.8) is 0 Å². The van der Waals surface area contributed by atoms with Crippen LogP contribution in [0.5, 0.6) is 0 Å². The molecule has 6 nitrogen and oxygen atoms in total. The van der Waals surface area contributed by atoms with Crippen molar-refractivity contribution in [1.29, 1.82) is 0 Å². The number of thioether (sulfide) groups is 1. The van der Waals surface area contributed by atoms with Crippen molar-refractivity contribution in [2.45, 2.75) is 23.8 Å². The van der Waals surface area contributed by atoms with Crippen molar-refractivity contribution >= 4 is 23.5 Å². The molecule has 1 aromatic heterocycles. The Labute approximate surface area is 145 Å². The summed E-state index contributed by atoms with van der Waals surface area (Å²) in [6.45, 7) is 1.54. The number of Topliss-reactive ketones (excluding diaryl/α,β-unsaturated/α-hetero) is 1. The van der Waals surface area contributed by atoms with Crippen molar-refractivity contribution < 1.29 is 23.1 Å². The average Bonchev–Trinajstić information content (AvgIpc) is 2.55. The second kappa shape index (κ2) is 8.02. The van der Waals surface area contributed by atoms with Gasteiger partial charge in [-0.3, -0.25) is 14.4 Å². The maximum absolute atomic E-state index is 13.3. The molecule has 1 heterocycles. The fourth-order valence-corrected chi connectivity index (χ4v) is 2.86. The van der Waals surface area contributed by atoms with E-state index in [9.17, 15) is 23.2 Å². The number of carbonyl (C=O) groups excluding carboxylic acids is 2. The summed E-state index contributed by atoms with van der Waals surface area (Å²) in [6.07, 6.45) is -0.181. The molecular weight excluding hydrogens is 354 g/mol. The van der Waals surface area contributed by atoms with E-state index in [4.69, 9.17) is 0 Å². The average molecular weight is 368 g/mol. The predicted molar refractivity (Wildman–Crippen MR) is 86.6 cm³/mol. The third kappa shape index (κ3) is 4.96. The van der Waals surface area contributed by atoms with Crippen molar-refractivity contribution in [2.75, 3.05) is 7.11 Å². The molecule has 25 heavy (non-hydrogen) atoms. The maximum atomic E-state index is 13.3. The van der Waals surface area contributed by atoms with E-state index in [-0.39, 0.29) is 22.8 Å². The Morgan fingerprint density at radius 1 is 1.28 bits per heavy atom. The third-order valence-corrected chi connectivity index (χ3v) is 4.17. The lowest BCUT2D eigenvalue weighted by atomic mass is 10.1. The Morgan fingerprint density at radius 3 is 2.64 bits per heavy atom. The van der Waals surface area contributed by atoms with Gasteiger partial charge in [-0.1, -0.05) is 11.8 Å². The van der Waals surface area contributed by atoms with Gasteiger partial charge in [-0.25, -0.2) is 13.8 Å². The first-order chi connectivity index (χ1) is 11.8. The van der Waals surface area contributed by atoms with Crippen LogP contribution in [0.4, 0.5) is 8.78 Å². The number of ketones is 1. The van der Waals surface area contributed by atoms with Crippen LogP contribution in [0.25, 0.3) is 0 Å². The number of halogens is 2. The number of nitrogens with one attached hydrogen (secondary N) is 1. The molecule has 0 aliphatic carbocycles. The molecule has 0 radical (unpaired) electrons. The van der Waals surface area contributed by atoms with E-state index in [0.717, 1.165) is 30.0 Å². The SMILES string of the molecule is COC(=O)Cc1cc(=O)[nH]c(S[C@@H](C)C(=O)c2ccc(F)c(F)c2)n1. The molecule has 1 N–H and O–H groups in total. The minimum atomic E-state index is -1.12. The van der Waals surface area contributed by atoms with E-state index in [1.54, 1.807) is 6.92 Å². The zero-order valence-electron chi connectivity index (χ0n) is 13.3. The van der Waals surface area contributed by atoms with Crippen LogP contribution in [-0.4, -0.2) is 34.1 Å². The first kappa shape index (κ1) is 18.8. The fraction of sp³-hybridized carbons (Fsp3) is 0.250. The largest absolute Gasteiger partial charge is 0.469 e. The number of carbonyl (C=O) groups is 2. The number of rotatable bonds is 6. The molecule has 0 fully saturated rings. The number of nitrogens with zero attached hydrogens (tertiary/aromatic N) is 1. The van der Waals surface area contributed by atoms with Gasteiger partial charge in [0.05, 0.1) is 24.5 Å². The molecule has 0 aliphatic rings. The van der Waals surface area contributed by atoms with Crippen LogP contribution >= 0.6 is 11.8 Å². The van der Waals surface area contributed by atoms with Crippen molar-refractivity contribution in [2.24, 2.45) is 0 Å². The molecule has 0 aliphatic heterocycles. The molecule has 0 bridgehead atoms. The Morgan fingerprint density at radius 2 is 2.00 bits per heavy atom. The summed E-state index contributed by atoms with van der Waals surface area (Å²) in [6, 6.07) is 4.03. The quantitative estimate of drug-likeness (QED) is 0.364. The summed E-state index contributed by atoms with van der Waals surface area (Å²) >= 11 is 0.935. The van der Waals surface area contributed by atoms with E-state index in [1.807, 2.05) is 0 Å².